The Bertz CT molecular complexity index is 586. The first-order valence-corrected chi connectivity index (χ1v) is 8.28. The van der Waals surface area contributed by atoms with E-state index in [1.165, 1.54) is 5.56 Å². The van der Waals surface area contributed by atoms with Crippen LogP contribution in [0.1, 0.15) is 23.6 Å². The van der Waals surface area contributed by atoms with E-state index >= 15 is 0 Å². The minimum absolute atomic E-state index is 0.123. The molecule has 0 fully saturated rings. The van der Waals surface area contributed by atoms with E-state index in [1.807, 2.05) is 24.3 Å². The molecule has 1 amide bonds. The molecule has 0 bridgehead atoms. The number of hydrogen-bond acceptors (Lipinski definition) is 4. The lowest BCUT2D eigenvalue weighted by molar-refractivity contribution is -0.123. The van der Waals surface area contributed by atoms with Crippen LogP contribution in [0.2, 0.25) is 0 Å². The zero-order chi connectivity index (χ0) is 14.6. The first-order valence-electron chi connectivity index (χ1n) is 6.57. The Balaban J connectivity index is 1.91. The minimum atomic E-state index is -3.46. The molecule has 0 saturated carbocycles. The molecule has 1 aromatic rings. The normalized spacial score (nSPS) is 18.4. The van der Waals surface area contributed by atoms with Crippen LogP contribution in [0.4, 0.5) is 0 Å². The predicted molar refractivity (Wildman–Crippen MR) is 76.5 cm³/mol. The highest BCUT2D eigenvalue weighted by molar-refractivity contribution is 7.89. The fraction of sp³-hybridized carbons (Fsp3) is 0.462. The average molecular weight is 297 g/mol. The number of amides is 1. The molecule has 0 aliphatic carbocycles. The maximum absolute atomic E-state index is 12.1. The largest absolute Gasteiger partial charge is 0.354 e. The van der Waals surface area contributed by atoms with Crippen molar-refractivity contribution in [1.82, 2.24) is 10.6 Å². The van der Waals surface area contributed by atoms with Crippen LogP contribution in [0.15, 0.2) is 24.3 Å². The second-order valence-corrected chi connectivity index (χ2v) is 6.58. The van der Waals surface area contributed by atoms with E-state index in [0.29, 0.717) is 13.0 Å². The molecule has 0 aromatic heterocycles. The standard InChI is InChI=1S/C13H19N3O3S/c14-20(18,19)9-3-7-16-13(17)12-11-5-2-1-4-10(11)6-8-15-12/h1-2,4-5,12,15H,3,6-9H2,(H,16,17)(H2,14,18,19). The summed E-state index contributed by atoms with van der Waals surface area (Å²) >= 11 is 0. The van der Waals surface area contributed by atoms with Gasteiger partial charge in [0.05, 0.1) is 5.75 Å². The number of sulfonamides is 1. The number of primary sulfonamides is 1. The number of carbonyl (C=O) groups excluding carboxylic acids is 1. The third-order valence-electron chi connectivity index (χ3n) is 3.28. The third kappa shape index (κ3) is 4.03. The number of nitrogens with one attached hydrogen (secondary N) is 2. The fourth-order valence-electron chi connectivity index (χ4n) is 2.33. The molecule has 0 spiro atoms. The molecular formula is C13H19N3O3S. The van der Waals surface area contributed by atoms with Crippen LogP contribution in [-0.4, -0.2) is 33.2 Å². The van der Waals surface area contributed by atoms with Crippen molar-refractivity contribution in [1.29, 1.82) is 0 Å². The zero-order valence-electron chi connectivity index (χ0n) is 11.1. The van der Waals surface area contributed by atoms with E-state index < -0.39 is 10.0 Å². The molecule has 1 aromatic carbocycles. The third-order valence-corrected chi connectivity index (χ3v) is 4.13. The Morgan fingerprint density at radius 3 is 2.90 bits per heavy atom. The van der Waals surface area contributed by atoms with Gasteiger partial charge in [0.1, 0.15) is 6.04 Å². The van der Waals surface area contributed by atoms with Crippen LogP contribution < -0.4 is 15.8 Å². The molecule has 7 heteroatoms. The van der Waals surface area contributed by atoms with Gasteiger partial charge in [-0.1, -0.05) is 24.3 Å². The van der Waals surface area contributed by atoms with Gasteiger partial charge in [-0.25, -0.2) is 13.6 Å². The van der Waals surface area contributed by atoms with Crippen LogP contribution >= 0.6 is 0 Å². The molecule has 2 rings (SSSR count). The summed E-state index contributed by atoms with van der Waals surface area (Å²) in [5.41, 5.74) is 2.17. The van der Waals surface area contributed by atoms with E-state index in [9.17, 15) is 13.2 Å². The molecule has 1 aliphatic heterocycles. The van der Waals surface area contributed by atoms with Gasteiger partial charge in [-0.15, -0.1) is 0 Å². The lowest BCUT2D eigenvalue weighted by Crippen LogP contribution is -2.42. The number of benzene rings is 1. The highest BCUT2D eigenvalue weighted by Gasteiger charge is 2.25. The SMILES string of the molecule is NS(=O)(=O)CCCNC(=O)C1NCCc2ccccc21. The van der Waals surface area contributed by atoms with Gasteiger partial charge < -0.3 is 10.6 Å². The zero-order valence-corrected chi connectivity index (χ0v) is 11.9. The first kappa shape index (κ1) is 15.0. The molecule has 6 nitrogen and oxygen atoms in total. The van der Waals surface area contributed by atoms with Crippen molar-refractivity contribution in [2.75, 3.05) is 18.8 Å². The Labute approximate surface area is 118 Å². The van der Waals surface area contributed by atoms with E-state index in [0.717, 1.165) is 18.5 Å². The smallest absolute Gasteiger partial charge is 0.241 e. The Hall–Kier alpha value is -1.44. The number of rotatable bonds is 5. The number of fused-ring (bicyclic) bond motifs is 1. The monoisotopic (exact) mass is 297 g/mol. The number of nitrogens with two attached hydrogens (primary N) is 1. The van der Waals surface area contributed by atoms with Crippen LogP contribution in [0.3, 0.4) is 0 Å². The summed E-state index contributed by atoms with van der Waals surface area (Å²) in [6.07, 6.45) is 1.23. The summed E-state index contributed by atoms with van der Waals surface area (Å²) in [7, 11) is -3.46. The van der Waals surface area contributed by atoms with Gasteiger partial charge in [-0.05, 0) is 24.0 Å². The van der Waals surface area contributed by atoms with Gasteiger partial charge in [0.2, 0.25) is 15.9 Å². The van der Waals surface area contributed by atoms with Crippen molar-refractivity contribution in [3.8, 4) is 0 Å². The molecular weight excluding hydrogens is 278 g/mol. The maximum Gasteiger partial charge on any atom is 0.241 e. The lowest BCUT2D eigenvalue weighted by atomic mass is 9.94. The molecule has 1 heterocycles. The van der Waals surface area contributed by atoms with Crippen molar-refractivity contribution < 1.29 is 13.2 Å². The summed E-state index contributed by atoms with van der Waals surface area (Å²) in [6.45, 7) is 1.06. The van der Waals surface area contributed by atoms with E-state index in [-0.39, 0.29) is 17.7 Å². The van der Waals surface area contributed by atoms with Crippen molar-refractivity contribution >= 4 is 15.9 Å². The topological polar surface area (TPSA) is 101 Å². The van der Waals surface area contributed by atoms with Crippen molar-refractivity contribution in [3.63, 3.8) is 0 Å². The number of carbonyl (C=O) groups is 1. The van der Waals surface area contributed by atoms with Crippen molar-refractivity contribution in [2.24, 2.45) is 5.14 Å². The summed E-state index contributed by atoms with van der Waals surface area (Å²) in [5, 5.41) is 10.8. The fourth-order valence-corrected chi connectivity index (χ4v) is 2.87. The molecule has 110 valence electrons. The van der Waals surface area contributed by atoms with Gasteiger partial charge in [-0.3, -0.25) is 4.79 Å². The van der Waals surface area contributed by atoms with E-state index in [2.05, 4.69) is 10.6 Å². The summed E-state index contributed by atoms with van der Waals surface area (Å²) < 4.78 is 21.6. The van der Waals surface area contributed by atoms with Crippen LogP contribution in [0.5, 0.6) is 0 Å². The second-order valence-electron chi connectivity index (χ2n) is 4.85. The van der Waals surface area contributed by atoms with Gasteiger partial charge in [0, 0.05) is 13.1 Å². The summed E-state index contributed by atoms with van der Waals surface area (Å²) in [5.74, 6) is -0.256. The first-order chi connectivity index (χ1) is 9.47. The average Bonchev–Trinajstić information content (AvgIpc) is 2.41. The highest BCUT2D eigenvalue weighted by atomic mass is 32.2. The Morgan fingerprint density at radius 1 is 1.40 bits per heavy atom. The minimum Gasteiger partial charge on any atom is -0.354 e. The number of hydrogen-bond donors (Lipinski definition) is 3. The van der Waals surface area contributed by atoms with Gasteiger partial charge in [-0.2, -0.15) is 0 Å². The van der Waals surface area contributed by atoms with Gasteiger partial charge in [0.15, 0.2) is 0 Å². The predicted octanol–water partition coefficient (Wildman–Crippen LogP) is -0.332. The van der Waals surface area contributed by atoms with Gasteiger partial charge in [0.25, 0.3) is 0 Å². The Morgan fingerprint density at radius 2 is 2.15 bits per heavy atom. The molecule has 1 aliphatic rings. The van der Waals surface area contributed by atoms with E-state index in [1.54, 1.807) is 0 Å². The van der Waals surface area contributed by atoms with Crippen LogP contribution in [0.25, 0.3) is 0 Å². The van der Waals surface area contributed by atoms with Crippen molar-refractivity contribution in [2.45, 2.75) is 18.9 Å². The summed E-state index contributed by atoms with van der Waals surface area (Å²) in [6, 6.07) is 7.47. The molecule has 1 unspecified atom stereocenters. The van der Waals surface area contributed by atoms with Crippen LogP contribution in [-0.2, 0) is 21.2 Å². The second kappa shape index (κ2) is 6.34. The quantitative estimate of drug-likeness (QED) is 0.648. The van der Waals surface area contributed by atoms with Crippen molar-refractivity contribution in [3.05, 3.63) is 35.4 Å². The lowest BCUT2D eigenvalue weighted by Gasteiger charge is -2.26. The molecule has 4 N–H and O–H groups in total. The summed E-state index contributed by atoms with van der Waals surface area (Å²) in [4.78, 5) is 12.1. The molecule has 0 radical (unpaired) electrons. The Kier molecular flexibility index (Phi) is 4.74. The molecule has 1 atom stereocenters. The van der Waals surface area contributed by atoms with Gasteiger partial charge >= 0.3 is 0 Å². The van der Waals surface area contributed by atoms with E-state index in [4.69, 9.17) is 5.14 Å². The highest BCUT2D eigenvalue weighted by Crippen LogP contribution is 2.22. The molecule has 20 heavy (non-hydrogen) atoms. The maximum atomic E-state index is 12.1. The van der Waals surface area contributed by atoms with Crippen LogP contribution in [0, 0.1) is 0 Å². The molecule has 0 saturated heterocycles.